The van der Waals surface area contributed by atoms with E-state index in [2.05, 4.69) is 15.5 Å². The standard InChI is InChI=1S/C24H18F5N5O3S/c1-12-17(21(35)32-13-4-3-5-14(10-13)38(2,31)36)22(34-33-20(12)24(27,28)29)37-16-7-6-15(18(25)19(16)26)23(11-30)8-9-23/h3-7,10,31H,8-9H2,1-2H3,(H,32,35). The molecule has 0 aliphatic heterocycles. The second-order valence-corrected chi connectivity index (χ2v) is 10.9. The van der Waals surface area contributed by atoms with Crippen LogP contribution in [0.15, 0.2) is 41.3 Å². The van der Waals surface area contributed by atoms with Crippen LogP contribution in [0.1, 0.15) is 40.0 Å². The van der Waals surface area contributed by atoms with Gasteiger partial charge in [-0.1, -0.05) is 12.1 Å². The van der Waals surface area contributed by atoms with Gasteiger partial charge in [0.2, 0.25) is 5.82 Å². The van der Waals surface area contributed by atoms with Crippen LogP contribution in [0.25, 0.3) is 0 Å². The smallest absolute Gasteiger partial charge is 0.434 e. The highest BCUT2D eigenvalue weighted by atomic mass is 32.2. The number of nitrogens with one attached hydrogen (secondary N) is 2. The fourth-order valence-electron chi connectivity index (χ4n) is 3.77. The average molecular weight is 551 g/mol. The Morgan fingerprint density at radius 1 is 1.18 bits per heavy atom. The summed E-state index contributed by atoms with van der Waals surface area (Å²) in [5.74, 6) is -5.67. The van der Waals surface area contributed by atoms with E-state index in [9.17, 15) is 36.2 Å². The number of amides is 1. The lowest BCUT2D eigenvalue weighted by Crippen LogP contribution is -2.21. The quantitative estimate of drug-likeness (QED) is 0.377. The van der Waals surface area contributed by atoms with Crippen LogP contribution in [-0.2, 0) is 21.3 Å². The van der Waals surface area contributed by atoms with Crippen LogP contribution < -0.4 is 10.1 Å². The summed E-state index contributed by atoms with van der Waals surface area (Å²) in [4.78, 5) is 13.2. The van der Waals surface area contributed by atoms with E-state index in [1.165, 1.54) is 24.3 Å². The van der Waals surface area contributed by atoms with Crippen LogP contribution >= 0.6 is 0 Å². The molecule has 1 aromatic heterocycles. The average Bonchev–Trinajstić information content (AvgIpc) is 3.62. The number of aromatic nitrogens is 2. The third-order valence-corrected chi connectivity index (χ3v) is 7.11. The monoisotopic (exact) mass is 551 g/mol. The van der Waals surface area contributed by atoms with E-state index < -0.39 is 67.3 Å². The zero-order valence-electron chi connectivity index (χ0n) is 19.7. The van der Waals surface area contributed by atoms with Gasteiger partial charge in [0.25, 0.3) is 11.8 Å². The summed E-state index contributed by atoms with van der Waals surface area (Å²) in [5.41, 5.74) is -4.31. The first-order valence-corrected chi connectivity index (χ1v) is 12.8. The van der Waals surface area contributed by atoms with E-state index in [1.54, 1.807) is 0 Å². The molecule has 2 aromatic carbocycles. The largest absolute Gasteiger partial charge is 0.435 e. The highest BCUT2D eigenvalue weighted by Crippen LogP contribution is 2.49. The molecule has 0 bridgehead atoms. The molecule has 2 N–H and O–H groups in total. The lowest BCUT2D eigenvalue weighted by molar-refractivity contribution is -0.142. The Morgan fingerprint density at radius 3 is 2.45 bits per heavy atom. The molecule has 38 heavy (non-hydrogen) atoms. The highest BCUT2D eigenvalue weighted by molar-refractivity contribution is 7.91. The molecule has 1 fully saturated rings. The van der Waals surface area contributed by atoms with Crippen molar-refractivity contribution < 1.29 is 35.7 Å². The van der Waals surface area contributed by atoms with Gasteiger partial charge in [0.15, 0.2) is 17.3 Å². The Bertz CT molecular complexity index is 1610. The van der Waals surface area contributed by atoms with Crippen LogP contribution in [0.2, 0.25) is 0 Å². The van der Waals surface area contributed by atoms with Gasteiger partial charge in [-0.2, -0.15) is 22.8 Å². The Labute approximate surface area is 213 Å². The zero-order valence-corrected chi connectivity index (χ0v) is 20.6. The number of nitriles is 1. The van der Waals surface area contributed by atoms with E-state index in [1.807, 2.05) is 6.07 Å². The summed E-state index contributed by atoms with van der Waals surface area (Å²) in [6, 6.07) is 9.35. The van der Waals surface area contributed by atoms with Gasteiger partial charge >= 0.3 is 6.18 Å². The fraction of sp³-hybridized carbons (Fsp3) is 0.250. The fourth-order valence-corrected chi connectivity index (χ4v) is 4.46. The van der Waals surface area contributed by atoms with Gasteiger partial charge in [-0.25, -0.2) is 13.4 Å². The van der Waals surface area contributed by atoms with Crippen molar-refractivity contribution in [3.8, 4) is 17.7 Å². The molecule has 1 heterocycles. The summed E-state index contributed by atoms with van der Waals surface area (Å²) in [7, 11) is -3.17. The Balaban J connectivity index is 1.77. The second-order valence-electron chi connectivity index (χ2n) is 8.71. The van der Waals surface area contributed by atoms with Crippen molar-refractivity contribution in [2.24, 2.45) is 0 Å². The molecule has 1 atom stereocenters. The number of anilines is 1. The maximum absolute atomic E-state index is 14.9. The van der Waals surface area contributed by atoms with Crippen molar-refractivity contribution in [2.45, 2.75) is 36.3 Å². The summed E-state index contributed by atoms with van der Waals surface area (Å²) < 4.78 is 95.1. The number of benzene rings is 2. The number of nitrogens with zero attached hydrogens (tertiary/aromatic N) is 3. The highest BCUT2D eigenvalue weighted by Gasteiger charge is 2.47. The lowest BCUT2D eigenvalue weighted by Gasteiger charge is -2.17. The molecule has 8 nitrogen and oxygen atoms in total. The van der Waals surface area contributed by atoms with Crippen molar-refractivity contribution in [3.05, 3.63) is 70.4 Å². The summed E-state index contributed by atoms with van der Waals surface area (Å²) in [6.45, 7) is 0.933. The number of halogens is 5. The molecule has 0 spiro atoms. The maximum atomic E-state index is 14.9. The minimum absolute atomic E-state index is 0.00198. The van der Waals surface area contributed by atoms with Gasteiger partial charge < -0.3 is 10.1 Å². The van der Waals surface area contributed by atoms with Gasteiger partial charge in [-0.3, -0.25) is 4.79 Å². The minimum atomic E-state index is -5.00. The van der Waals surface area contributed by atoms with Crippen molar-refractivity contribution in [3.63, 3.8) is 0 Å². The van der Waals surface area contributed by atoms with E-state index in [4.69, 9.17) is 9.52 Å². The summed E-state index contributed by atoms with van der Waals surface area (Å²) in [6.07, 6.45) is -3.18. The van der Waals surface area contributed by atoms with Crippen molar-refractivity contribution in [1.82, 2.24) is 10.2 Å². The van der Waals surface area contributed by atoms with Crippen LogP contribution in [0.5, 0.6) is 11.6 Å². The number of carbonyl (C=O) groups is 1. The number of alkyl halides is 3. The molecule has 0 saturated heterocycles. The van der Waals surface area contributed by atoms with E-state index >= 15 is 0 Å². The first-order valence-electron chi connectivity index (χ1n) is 10.9. The molecule has 0 radical (unpaired) electrons. The van der Waals surface area contributed by atoms with Crippen LogP contribution in [0.4, 0.5) is 27.6 Å². The second kappa shape index (κ2) is 9.32. The molecule has 1 unspecified atom stereocenters. The van der Waals surface area contributed by atoms with Gasteiger partial charge in [0, 0.05) is 22.4 Å². The third kappa shape index (κ3) is 5.01. The molecular formula is C24H18F5N5O3S. The number of hydrogen-bond donors (Lipinski definition) is 2. The van der Waals surface area contributed by atoms with Crippen molar-refractivity contribution in [2.75, 3.05) is 11.6 Å². The number of ether oxygens (including phenoxy) is 1. The summed E-state index contributed by atoms with van der Waals surface area (Å²) in [5, 5.41) is 18.0. The van der Waals surface area contributed by atoms with Crippen molar-refractivity contribution in [1.29, 1.82) is 10.0 Å². The predicted octanol–water partition coefficient (Wildman–Crippen LogP) is 5.72. The molecule has 1 saturated carbocycles. The predicted molar refractivity (Wildman–Crippen MR) is 124 cm³/mol. The van der Waals surface area contributed by atoms with Gasteiger partial charge in [0.05, 0.1) is 21.2 Å². The van der Waals surface area contributed by atoms with Crippen LogP contribution in [0, 0.1) is 34.7 Å². The minimum Gasteiger partial charge on any atom is -0.434 e. The Kier molecular flexibility index (Phi) is 6.60. The van der Waals surface area contributed by atoms with Crippen molar-refractivity contribution >= 4 is 21.3 Å². The number of rotatable bonds is 6. The SMILES string of the molecule is Cc1c(C(F)(F)F)nnc(Oc2ccc(C3(C#N)CC3)c(F)c2F)c1C(=O)Nc1cccc(S(C)(=N)=O)c1. The normalized spacial score (nSPS) is 15.7. The molecule has 1 aliphatic rings. The van der Waals surface area contributed by atoms with Gasteiger partial charge in [-0.05, 0) is 49.6 Å². The zero-order chi connectivity index (χ0) is 28.0. The molecule has 14 heteroatoms. The Hall–Kier alpha value is -4.12. The van der Waals surface area contributed by atoms with Gasteiger partial charge in [0.1, 0.15) is 5.56 Å². The van der Waals surface area contributed by atoms with E-state index in [0.29, 0.717) is 12.8 Å². The molecule has 1 amide bonds. The van der Waals surface area contributed by atoms with E-state index in [0.717, 1.165) is 25.3 Å². The first kappa shape index (κ1) is 26.9. The van der Waals surface area contributed by atoms with Crippen LogP contribution in [-0.4, -0.2) is 26.6 Å². The molecule has 4 rings (SSSR count). The molecule has 3 aromatic rings. The number of carbonyl (C=O) groups excluding carboxylic acids is 1. The van der Waals surface area contributed by atoms with Gasteiger partial charge in [-0.15, -0.1) is 10.2 Å². The molecule has 1 aliphatic carbocycles. The maximum Gasteiger partial charge on any atom is 0.435 e. The van der Waals surface area contributed by atoms with Crippen LogP contribution in [0.3, 0.4) is 0 Å². The lowest BCUT2D eigenvalue weighted by atomic mass is 9.97. The third-order valence-electron chi connectivity index (χ3n) is 5.96. The first-order chi connectivity index (χ1) is 17.7. The number of hydrogen-bond acceptors (Lipinski definition) is 7. The topological polar surface area (TPSA) is 129 Å². The Morgan fingerprint density at radius 2 is 1.87 bits per heavy atom. The summed E-state index contributed by atoms with van der Waals surface area (Å²) >= 11 is 0. The van der Waals surface area contributed by atoms with E-state index in [-0.39, 0.29) is 16.1 Å². The molecular weight excluding hydrogens is 533 g/mol. The molecule has 198 valence electrons.